The van der Waals surface area contributed by atoms with Crippen molar-refractivity contribution >= 4 is 17.2 Å². The number of hydrogen-bond acceptors (Lipinski definition) is 5. The maximum atomic E-state index is 11.9. The summed E-state index contributed by atoms with van der Waals surface area (Å²) >= 11 is 1.57. The van der Waals surface area contributed by atoms with E-state index < -0.39 is 0 Å². The fourth-order valence-corrected chi connectivity index (χ4v) is 2.22. The number of pyridine rings is 1. The van der Waals surface area contributed by atoms with Gasteiger partial charge in [0.15, 0.2) is 0 Å². The Bertz CT molecular complexity index is 553. The Morgan fingerprint density at radius 3 is 3.00 bits per heavy atom. The number of nitrogens with two attached hydrogens (primary N) is 1. The van der Waals surface area contributed by atoms with Gasteiger partial charge in [0.2, 0.25) is 0 Å². The molecule has 2 heterocycles. The first-order valence-electron chi connectivity index (χ1n) is 5.53. The SMILES string of the molecule is Cc1ncc(CNC(=O)c2ccnc(CN)c2)s1. The third-order valence-electron chi connectivity index (χ3n) is 2.38. The predicted molar refractivity (Wildman–Crippen MR) is 70.1 cm³/mol. The Labute approximate surface area is 109 Å². The van der Waals surface area contributed by atoms with Gasteiger partial charge in [-0.2, -0.15) is 0 Å². The third kappa shape index (κ3) is 3.12. The van der Waals surface area contributed by atoms with Crippen LogP contribution in [-0.4, -0.2) is 15.9 Å². The highest BCUT2D eigenvalue weighted by molar-refractivity contribution is 7.11. The van der Waals surface area contributed by atoms with E-state index in [0.717, 1.165) is 9.88 Å². The molecule has 0 saturated heterocycles. The molecule has 0 aromatic carbocycles. The standard InChI is InChI=1S/C12H14N4OS/c1-8-15-6-11(18-8)7-16-12(17)9-2-3-14-10(4-9)5-13/h2-4,6H,5,7,13H2,1H3,(H,16,17). The van der Waals surface area contributed by atoms with Gasteiger partial charge in [0.25, 0.3) is 5.91 Å². The first-order chi connectivity index (χ1) is 8.69. The van der Waals surface area contributed by atoms with E-state index in [1.807, 2.05) is 6.92 Å². The molecular weight excluding hydrogens is 248 g/mol. The Kier molecular flexibility index (Phi) is 4.01. The Morgan fingerprint density at radius 1 is 1.50 bits per heavy atom. The normalized spacial score (nSPS) is 10.3. The third-order valence-corrected chi connectivity index (χ3v) is 3.29. The average Bonchev–Trinajstić information content (AvgIpc) is 2.82. The molecule has 0 spiro atoms. The van der Waals surface area contributed by atoms with Crippen molar-refractivity contribution in [2.45, 2.75) is 20.0 Å². The quantitative estimate of drug-likeness (QED) is 0.868. The molecule has 2 rings (SSSR count). The van der Waals surface area contributed by atoms with Crippen LogP contribution in [0.15, 0.2) is 24.5 Å². The van der Waals surface area contributed by atoms with Crippen molar-refractivity contribution in [3.8, 4) is 0 Å². The number of amides is 1. The molecule has 0 bridgehead atoms. The lowest BCUT2D eigenvalue weighted by Gasteiger charge is -2.04. The topological polar surface area (TPSA) is 80.9 Å². The van der Waals surface area contributed by atoms with Crippen LogP contribution in [0.5, 0.6) is 0 Å². The number of carbonyl (C=O) groups excluding carboxylic acids is 1. The minimum atomic E-state index is -0.127. The van der Waals surface area contributed by atoms with Crippen LogP contribution < -0.4 is 11.1 Å². The van der Waals surface area contributed by atoms with Crippen molar-refractivity contribution in [3.63, 3.8) is 0 Å². The molecule has 1 amide bonds. The Hall–Kier alpha value is -1.79. The summed E-state index contributed by atoms with van der Waals surface area (Å²) in [5.41, 5.74) is 6.77. The molecule has 0 saturated carbocycles. The number of nitrogens with zero attached hydrogens (tertiary/aromatic N) is 2. The van der Waals surface area contributed by atoms with Crippen molar-refractivity contribution in [2.75, 3.05) is 0 Å². The first kappa shape index (κ1) is 12.7. The molecule has 94 valence electrons. The summed E-state index contributed by atoms with van der Waals surface area (Å²) in [5, 5.41) is 3.84. The van der Waals surface area contributed by atoms with Gasteiger partial charge in [0.1, 0.15) is 0 Å². The van der Waals surface area contributed by atoms with E-state index >= 15 is 0 Å². The summed E-state index contributed by atoms with van der Waals surface area (Å²) in [6.45, 7) is 2.76. The average molecular weight is 262 g/mol. The zero-order valence-electron chi connectivity index (χ0n) is 10.0. The molecule has 6 heteroatoms. The van der Waals surface area contributed by atoms with Gasteiger partial charge in [-0.1, -0.05) is 0 Å². The summed E-state index contributed by atoms with van der Waals surface area (Å²) in [4.78, 5) is 21.1. The Morgan fingerprint density at radius 2 is 2.33 bits per heavy atom. The summed E-state index contributed by atoms with van der Waals surface area (Å²) in [7, 11) is 0. The van der Waals surface area contributed by atoms with Crippen LogP contribution >= 0.6 is 11.3 Å². The van der Waals surface area contributed by atoms with E-state index in [0.29, 0.717) is 24.3 Å². The summed E-state index contributed by atoms with van der Waals surface area (Å²) in [5.74, 6) is -0.127. The zero-order valence-corrected chi connectivity index (χ0v) is 10.8. The molecule has 0 aliphatic carbocycles. The van der Waals surface area contributed by atoms with Crippen LogP contribution in [0.1, 0.15) is 25.9 Å². The van der Waals surface area contributed by atoms with Crippen LogP contribution in [-0.2, 0) is 13.1 Å². The second-order valence-electron chi connectivity index (χ2n) is 3.77. The van der Waals surface area contributed by atoms with Crippen LogP contribution in [0.25, 0.3) is 0 Å². The van der Waals surface area contributed by atoms with Crippen LogP contribution in [0, 0.1) is 6.92 Å². The van der Waals surface area contributed by atoms with Gasteiger partial charge >= 0.3 is 0 Å². The van der Waals surface area contributed by atoms with Crippen molar-refractivity contribution < 1.29 is 4.79 Å². The van der Waals surface area contributed by atoms with Crippen LogP contribution in [0.4, 0.5) is 0 Å². The monoisotopic (exact) mass is 262 g/mol. The minimum absolute atomic E-state index is 0.127. The van der Waals surface area contributed by atoms with Crippen molar-refractivity contribution in [1.29, 1.82) is 0 Å². The lowest BCUT2D eigenvalue weighted by atomic mass is 10.2. The first-order valence-corrected chi connectivity index (χ1v) is 6.35. The van der Waals surface area contributed by atoms with Gasteiger partial charge in [-0.05, 0) is 19.1 Å². The van der Waals surface area contributed by atoms with Gasteiger partial charge in [-0.3, -0.25) is 9.78 Å². The molecule has 0 radical (unpaired) electrons. The molecule has 2 aromatic rings. The lowest BCUT2D eigenvalue weighted by molar-refractivity contribution is 0.0951. The van der Waals surface area contributed by atoms with E-state index in [9.17, 15) is 4.79 Å². The van der Waals surface area contributed by atoms with Gasteiger partial charge in [0.05, 0.1) is 17.2 Å². The molecule has 5 nitrogen and oxygen atoms in total. The minimum Gasteiger partial charge on any atom is -0.347 e. The number of rotatable bonds is 4. The Balaban J connectivity index is 1.99. The summed E-state index contributed by atoms with van der Waals surface area (Å²) in [6, 6.07) is 3.37. The van der Waals surface area contributed by atoms with Gasteiger partial charge in [0, 0.05) is 29.4 Å². The zero-order chi connectivity index (χ0) is 13.0. The maximum Gasteiger partial charge on any atom is 0.251 e. The molecule has 18 heavy (non-hydrogen) atoms. The summed E-state index contributed by atoms with van der Waals surface area (Å²) in [6.07, 6.45) is 3.37. The van der Waals surface area contributed by atoms with E-state index in [1.54, 1.807) is 35.9 Å². The highest BCUT2D eigenvalue weighted by atomic mass is 32.1. The number of thiazole rings is 1. The number of hydrogen-bond donors (Lipinski definition) is 2. The second kappa shape index (κ2) is 5.70. The molecule has 0 aliphatic heterocycles. The molecule has 0 unspecified atom stereocenters. The van der Waals surface area contributed by atoms with Crippen LogP contribution in [0.3, 0.4) is 0 Å². The van der Waals surface area contributed by atoms with Gasteiger partial charge < -0.3 is 11.1 Å². The molecule has 0 atom stereocenters. The number of aryl methyl sites for hydroxylation is 1. The molecule has 0 fully saturated rings. The number of carbonyl (C=O) groups is 1. The highest BCUT2D eigenvalue weighted by Crippen LogP contribution is 2.11. The van der Waals surface area contributed by atoms with E-state index in [-0.39, 0.29) is 5.91 Å². The van der Waals surface area contributed by atoms with E-state index in [2.05, 4.69) is 15.3 Å². The van der Waals surface area contributed by atoms with Gasteiger partial charge in [-0.25, -0.2) is 4.98 Å². The van der Waals surface area contributed by atoms with E-state index in [1.165, 1.54) is 0 Å². The second-order valence-corrected chi connectivity index (χ2v) is 5.09. The number of nitrogens with one attached hydrogen (secondary N) is 1. The lowest BCUT2D eigenvalue weighted by Crippen LogP contribution is -2.22. The fraction of sp³-hybridized carbons (Fsp3) is 0.250. The molecular formula is C12H14N4OS. The molecule has 0 aliphatic rings. The number of aromatic nitrogens is 2. The van der Waals surface area contributed by atoms with Crippen molar-refractivity contribution in [3.05, 3.63) is 45.7 Å². The smallest absolute Gasteiger partial charge is 0.251 e. The van der Waals surface area contributed by atoms with Crippen molar-refractivity contribution in [2.24, 2.45) is 5.73 Å². The van der Waals surface area contributed by atoms with Crippen LogP contribution in [0.2, 0.25) is 0 Å². The largest absolute Gasteiger partial charge is 0.347 e. The highest BCUT2D eigenvalue weighted by Gasteiger charge is 2.07. The van der Waals surface area contributed by atoms with Crippen molar-refractivity contribution in [1.82, 2.24) is 15.3 Å². The van der Waals surface area contributed by atoms with Gasteiger partial charge in [-0.15, -0.1) is 11.3 Å². The predicted octanol–water partition coefficient (Wildman–Crippen LogP) is 1.24. The molecule has 3 N–H and O–H groups in total. The molecule has 2 aromatic heterocycles. The maximum absolute atomic E-state index is 11.9. The van der Waals surface area contributed by atoms with E-state index in [4.69, 9.17) is 5.73 Å². The fourth-order valence-electron chi connectivity index (χ4n) is 1.49. The summed E-state index contributed by atoms with van der Waals surface area (Å²) < 4.78 is 0.